The Morgan fingerprint density at radius 2 is 1.59 bits per heavy atom. The van der Waals surface area contributed by atoms with Crippen molar-refractivity contribution in [1.82, 2.24) is 4.98 Å². The lowest BCUT2D eigenvalue weighted by atomic mass is 9.98. The molecule has 0 spiro atoms. The third-order valence-corrected chi connectivity index (χ3v) is 7.17. The molecule has 1 aromatic heterocycles. The number of benzene rings is 3. The third-order valence-electron chi connectivity index (χ3n) is 5.44. The number of hydrogen-bond donors (Lipinski definition) is 1. The summed E-state index contributed by atoms with van der Waals surface area (Å²) in [7, 11) is -3.57. The van der Waals surface area contributed by atoms with Crippen molar-refractivity contribution in [3.05, 3.63) is 90.5 Å². The van der Waals surface area contributed by atoms with Crippen molar-refractivity contribution in [3.63, 3.8) is 0 Å². The SMILES string of the molecule is CCS(=O)(=O)c1ccc(NC(C)=O)c(-c2ccc(-c3ccc(F)nc3)c(Oc3cc(F)cc(F)c3)c2)c1. The summed E-state index contributed by atoms with van der Waals surface area (Å²) in [5, 5.41) is 2.68. The lowest BCUT2D eigenvalue weighted by molar-refractivity contribution is -0.114. The highest BCUT2D eigenvalue weighted by Crippen LogP contribution is 2.39. The fourth-order valence-corrected chi connectivity index (χ4v) is 4.59. The highest BCUT2D eigenvalue weighted by atomic mass is 32.2. The minimum atomic E-state index is -3.57. The molecule has 0 saturated carbocycles. The number of pyridine rings is 1. The van der Waals surface area contributed by atoms with Crippen LogP contribution in [0, 0.1) is 17.6 Å². The quantitative estimate of drug-likeness (QED) is 0.283. The van der Waals surface area contributed by atoms with Gasteiger partial charge in [0.25, 0.3) is 0 Å². The lowest BCUT2D eigenvalue weighted by Gasteiger charge is -2.16. The lowest BCUT2D eigenvalue weighted by Crippen LogP contribution is -2.09. The predicted molar refractivity (Wildman–Crippen MR) is 134 cm³/mol. The molecule has 4 aromatic rings. The average Bonchev–Trinajstić information content (AvgIpc) is 2.84. The van der Waals surface area contributed by atoms with Gasteiger partial charge in [-0.15, -0.1) is 0 Å². The molecule has 6 nitrogen and oxygen atoms in total. The molecule has 0 fully saturated rings. The summed E-state index contributed by atoms with van der Waals surface area (Å²) in [4.78, 5) is 15.5. The van der Waals surface area contributed by atoms with E-state index in [1.807, 2.05) is 0 Å². The van der Waals surface area contributed by atoms with E-state index in [1.165, 1.54) is 50.4 Å². The van der Waals surface area contributed by atoms with E-state index < -0.39 is 27.4 Å². The molecule has 1 N–H and O–H groups in total. The first-order valence-corrected chi connectivity index (χ1v) is 12.8. The van der Waals surface area contributed by atoms with Crippen LogP contribution in [0.2, 0.25) is 0 Å². The van der Waals surface area contributed by atoms with Gasteiger partial charge in [0.1, 0.15) is 23.1 Å². The first-order chi connectivity index (χ1) is 17.6. The summed E-state index contributed by atoms with van der Waals surface area (Å²) in [6.07, 6.45) is 1.28. The van der Waals surface area contributed by atoms with E-state index in [0.717, 1.165) is 18.2 Å². The molecule has 0 radical (unpaired) electrons. The van der Waals surface area contributed by atoms with Gasteiger partial charge < -0.3 is 10.1 Å². The number of aromatic nitrogens is 1. The maximum atomic E-state index is 13.8. The normalized spacial score (nSPS) is 11.3. The van der Waals surface area contributed by atoms with Crippen molar-refractivity contribution < 1.29 is 31.1 Å². The predicted octanol–water partition coefficient (Wildman–Crippen LogP) is 6.38. The Labute approximate surface area is 211 Å². The van der Waals surface area contributed by atoms with E-state index in [4.69, 9.17) is 4.74 Å². The number of nitrogens with one attached hydrogen (secondary N) is 1. The second-order valence-electron chi connectivity index (χ2n) is 8.08. The summed E-state index contributed by atoms with van der Waals surface area (Å²) in [6, 6.07) is 14.4. The molecule has 3 aromatic carbocycles. The number of sulfone groups is 1. The number of halogens is 3. The van der Waals surface area contributed by atoms with Crippen LogP contribution in [0.1, 0.15) is 13.8 Å². The summed E-state index contributed by atoms with van der Waals surface area (Å²) in [6.45, 7) is 2.84. The van der Waals surface area contributed by atoms with Crippen LogP contribution in [0.5, 0.6) is 11.5 Å². The number of anilines is 1. The standard InChI is InChI=1S/C27H21F3N2O4S/c1-3-37(34,35)22-6-8-25(32-16(2)33)24(14-22)17-4-7-23(18-5-9-27(30)31-15-18)26(10-17)36-21-12-19(28)11-20(29)13-21/h4-15H,3H2,1-2H3,(H,32,33). The van der Waals surface area contributed by atoms with E-state index in [-0.39, 0.29) is 28.1 Å². The summed E-state index contributed by atoms with van der Waals surface area (Å²) in [5.41, 5.74) is 2.07. The molecular weight excluding hydrogens is 505 g/mol. The minimum absolute atomic E-state index is 0.0561. The molecule has 0 aliphatic carbocycles. The van der Waals surface area contributed by atoms with Crippen molar-refractivity contribution >= 4 is 21.4 Å². The summed E-state index contributed by atoms with van der Waals surface area (Å²) >= 11 is 0. The van der Waals surface area contributed by atoms with E-state index in [9.17, 15) is 26.4 Å². The van der Waals surface area contributed by atoms with Crippen molar-refractivity contribution in [2.45, 2.75) is 18.7 Å². The minimum Gasteiger partial charge on any atom is -0.456 e. The fourth-order valence-electron chi connectivity index (χ4n) is 3.68. The van der Waals surface area contributed by atoms with Crippen molar-refractivity contribution in [1.29, 1.82) is 0 Å². The highest BCUT2D eigenvalue weighted by Gasteiger charge is 2.18. The highest BCUT2D eigenvalue weighted by molar-refractivity contribution is 7.91. The summed E-state index contributed by atoms with van der Waals surface area (Å²) < 4.78 is 72.0. The maximum absolute atomic E-state index is 13.8. The number of carbonyl (C=O) groups is 1. The molecule has 10 heteroatoms. The molecule has 37 heavy (non-hydrogen) atoms. The molecule has 0 unspecified atom stereocenters. The largest absolute Gasteiger partial charge is 0.456 e. The Hall–Kier alpha value is -4.18. The molecule has 1 heterocycles. The van der Waals surface area contributed by atoms with Crippen LogP contribution >= 0.6 is 0 Å². The Morgan fingerprint density at radius 3 is 2.22 bits per heavy atom. The number of nitrogens with zero attached hydrogens (tertiary/aromatic N) is 1. The van der Waals surface area contributed by atoms with E-state index >= 15 is 0 Å². The van der Waals surface area contributed by atoms with E-state index in [2.05, 4.69) is 10.3 Å². The third kappa shape index (κ3) is 5.97. The number of carbonyl (C=O) groups excluding carboxylic acids is 1. The molecule has 0 atom stereocenters. The maximum Gasteiger partial charge on any atom is 0.221 e. The molecule has 4 rings (SSSR count). The monoisotopic (exact) mass is 526 g/mol. The fraction of sp³-hybridized carbons (Fsp3) is 0.111. The van der Waals surface area contributed by atoms with Gasteiger partial charge in [0.2, 0.25) is 11.9 Å². The Kier molecular flexibility index (Phi) is 7.30. The zero-order valence-corrected chi connectivity index (χ0v) is 20.6. The molecule has 1 amide bonds. The number of hydrogen-bond acceptors (Lipinski definition) is 5. The second kappa shape index (κ2) is 10.4. The first-order valence-electron chi connectivity index (χ1n) is 11.1. The van der Waals surface area contributed by atoms with Crippen LogP contribution in [0.3, 0.4) is 0 Å². The zero-order chi connectivity index (χ0) is 26.7. The van der Waals surface area contributed by atoms with Crippen LogP contribution in [-0.2, 0) is 14.6 Å². The van der Waals surface area contributed by atoms with Crippen LogP contribution < -0.4 is 10.1 Å². The molecule has 0 saturated heterocycles. The van der Waals surface area contributed by atoms with Gasteiger partial charge in [-0.2, -0.15) is 4.39 Å². The molecular formula is C27H21F3N2O4S. The van der Waals surface area contributed by atoms with Gasteiger partial charge in [-0.05, 0) is 48.0 Å². The Balaban J connectivity index is 1.92. The van der Waals surface area contributed by atoms with Crippen LogP contribution in [0.15, 0.2) is 77.8 Å². The van der Waals surface area contributed by atoms with Crippen LogP contribution in [-0.4, -0.2) is 25.1 Å². The summed E-state index contributed by atoms with van der Waals surface area (Å²) in [5.74, 6) is -2.87. The van der Waals surface area contributed by atoms with Gasteiger partial charge in [-0.3, -0.25) is 4.79 Å². The molecule has 0 bridgehead atoms. The van der Waals surface area contributed by atoms with Gasteiger partial charge >= 0.3 is 0 Å². The number of rotatable bonds is 7. The van der Waals surface area contributed by atoms with Gasteiger partial charge in [-0.25, -0.2) is 22.2 Å². The zero-order valence-electron chi connectivity index (χ0n) is 19.8. The van der Waals surface area contributed by atoms with Crippen molar-refractivity contribution in [3.8, 4) is 33.8 Å². The average molecular weight is 527 g/mol. The molecule has 190 valence electrons. The van der Waals surface area contributed by atoms with Gasteiger partial charge in [-0.1, -0.05) is 13.0 Å². The van der Waals surface area contributed by atoms with Crippen LogP contribution in [0.4, 0.5) is 18.9 Å². The van der Waals surface area contributed by atoms with E-state index in [1.54, 1.807) is 12.1 Å². The first kappa shape index (κ1) is 25.9. The number of ether oxygens (including phenoxy) is 1. The van der Waals surface area contributed by atoms with Gasteiger partial charge in [0.05, 0.1) is 10.6 Å². The Morgan fingerprint density at radius 1 is 0.892 bits per heavy atom. The molecule has 0 aliphatic rings. The second-order valence-corrected chi connectivity index (χ2v) is 10.4. The van der Waals surface area contributed by atoms with E-state index in [0.29, 0.717) is 34.0 Å². The van der Waals surface area contributed by atoms with Crippen molar-refractivity contribution in [2.24, 2.45) is 0 Å². The smallest absolute Gasteiger partial charge is 0.221 e. The Bertz CT molecular complexity index is 1570. The van der Waals surface area contributed by atoms with Crippen LogP contribution in [0.25, 0.3) is 22.3 Å². The molecule has 0 aliphatic heterocycles. The number of amides is 1. The topological polar surface area (TPSA) is 85.4 Å². The van der Waals surface area contributed by atoms with Gasteiger partial charge in [0.15, 0.2) is 9.84 Å². The van der Waals surface area contributed by atoms with Gasteiger partial charge in [0, 0.05) is 53.7 Å². The van der Waals surface area contributed by atoms with Crippen molar-refractivity contribution in [2.75, 3.05) is 11.1 Å².